The highest BCUT2D eigenvalue weighted by atomic mass is 16.5. The Morgan fingerprint density at radius 3 is 2.67 bits per heavy atom. The monoisotopic (exact) mass is 279 g/mol. The molecule has 4 rings (SSSR count). The van der Waals surface area contributed by atoms with Crippen molar-refractivity contribution >= 4 is 0 Å². The summed E-state index contributed by atoms with van der Waals surface area (Å²) in [5.74, 6) is 2.22. The first-order chi connectivity index (χ1) is 10.3. The van der Waals surface area contributed by atoms with Gasteiger partial charge in [0.15, 0.2) is 0 Å². The third-order valence-corrected chi connectivity index (χ3v) is 4.87. The molecule has 2 aliphatic rings. The second-order valence-corrected chi connectivity index (χ2v) is 6.31. The van der Waals surface area contributed by atoms with Crippen molar-refractivity contribution in [2.75, 3.05) is 13.2 Å². The zero-order chi connectivity index (χ0) is 14.2. The number of fused-ring (bicyclic) bond motifs is 2. The van der Waals surface area contributed by atoms with Crippen molar-refractivity contribution in [3.63, 3.8) is 0 Å². The summed E-state index contributed by atoms with van der Waals surface area (Å²) in [5.41, 5.74) is 4.35. The van der Waals surface area contributed by atoms with E-state index in [1.165, 1.54) is 23.1 Å². The molecule has 3 atom stereocenters. The van der Waals surface area contributed by atoms with Crippen LogP contribution in [0.1, 0.15) is 35.6 Å². The molecule has 2 aromatic carbocycles. The molecule has 1 aliphatic heterocycles. The Bertz CT molecular complexity index is 652. The topological polar surface area (TPSA) is 21.3 Å². The number of para-hydroxylation sites is 1. The van der Waals surface area contributed by atoms with Crippen LogP contribution in [0.5, 0.6) is 5.75 Å². The largest absolute Gasteiger partial charge is 0.493 e. The Labute approximate surface area is 126 Å². The highest BCUT2D eigenvalue weighted by Crippen LogP contribution is 2.38. The molecule has 1 N–H and O–H groups in total. The lowest BCUT2D eigenvalue weighted by Crippen LogP contribution is -2.38. The van der Waals surface area contributed by atoms with Crippen LogP contribution < -0.4 is 10.1 Å². The maximum atomic E-state index is 5.83. The fourth-order valence-corrected chi connectivity index (χ4v) is 3.62. The van der Waals surface area contributed by atoms with Crippen molar-refractivity contribution in [2.45, 2.75) is 25.3 Å². The highest BCUT2D eigenvalue weighted by molar-refractivity contribution is 5.41. The Balaban J connectivity index is 1.48. The minimum absolute atomic E-state index is 0.405. The molecule has 0 saturated carbocycles. The van der Waals surface area contributed by atoms with Gasteiger partial charge in [-0.05, 0) is 23.6 Å². The molecule has 3 unspecified atom stereocenters. The van der Waals surface area contributed by atoms with Gasteiger partial charge in [-0.3, -0.25) is 0 Å². The van der Waals surface area contributed by atoms with E-state index in [2.05, 4.69) is 54.7 Å². The smallest absolute Gasteiger partial charge is 0.124 e. The third kappa shape index (κ3) is 2.24. The van der Waals surface area contributed by atoms with Crippen molar-refractivity contribution in [2.24, 2.45) is 5.92 Å². The molecule has 0 aromatic heterocycles. The van der Waals surface area contributed by atoms with E-state index in [0.29, 0.717) is 17.9 Å². The standard InChI is InChI=1S/C19H21NO/c1-13-12-21-18-9-5-4-8-17(18)19(13)20-11-15-10-14-6-2-3-7-16(14)15/h2-9,13,15,19-20H,10-12H2,1H3. The summed E-state index contributed by atoms with van der Waals surface area (Å²) in [6.45, 7) is 4.12. The van der Waals surface area contributed by atoms with Crippen LogP contribution in [-0.4, -0.2) is 13.2 Å². The highest BCUT2D eigenvalue weighted by Gasteiger charge is 2.30. The van der Waals surface area contributed by atoms with Crippen LogP contribution in [0.3, 0.4) is 0 Å². The van der Waals surface area contributed by atoms with E-state index >= 15 is 0 Å². The predicted molar refractivity (Wildman–Crippen MR) is 84.7 cm³/mol. The molecule has 0 saturated heterocycles. The summed E-state index contributed by atoms with van der Waals surface area (Å²) in [4.78, 5) is 0. The SMILES string of the molecule is CC1COc2ccccc2C1NCC1Cc2ccccc21. The lowest BCUT2D eigenvalue weighted by atomic mass is 9.77. The summed E-state index contributed by atoms with van der Waals surface area (Å²) >= 11 is 0. The van der Waals surface area contributed by atoms with Gasteiger partial charge in [0.2, 0.25) is 0 Å². The molecular weight excluding hydrogens is 258 g/mol. The Hall–Kier alpha value is -1.80. The average molecular weight is 279 g/mol. The molecular formula is C19H21NO. The van der Waals surface area contributed by atoms with Gasteiger partial charge in [0.25, 0.3) is 0 Å². The molecule has 2 heteroatoms. The fourth-order valence-electron chi connectivity index (χ4n) is 3.62. The van der Waals surface area contributed by atoms with Crippen LogP contribution in [0, 0.1) is 5.92 Å². The van der Waals surface area contributed by atoms with Gasteiger partial charge in [-0.2, -0.15) is 0 Å². The molecule has 0 fully saturated rings. The Morgan fingerprint density at radius 2 is 1.81 bits per heavy atom. The molecule has 1 heterocycles. The zero-order valence-electron chi connectivity index (χ0n) is 12.4. The molecule has 0 spiro atoms. The lowest BCUT2D eigenvalue weighted by molar-refractivity contribution is 0.186. The number of rotatable bonds is 3. The Kier molecular flexibility index (Phi) is 3.19. The summed E-state index contributed by atoms with van der Waals surface area (Å²) in [5, 5.41) is 3.79. The third-order valence-electron chi connectivity index (χ3n) is 4.87. The van der Waals surface area contributed by atoms with Gasteiger partial charge in [-0.25, -0.2) is 0 Å². The van der Waals surface area contributed by atoms with E-state index in [1.807, 2.05) is 6.07 Å². The number of hydrogen-bond acceptors (Lipinski definition) is 2. The van der Waals surface area contributed by atoms with Gasteiger partial charge in [0, 0.05) is 30.0 Å². The second kappa shape index (κ2) is 5.19. The van der Waals surface area contributed by atoms with Crippen molar-refractivity contribution < 1.29 is 4.74 Å². The van der Waals surface area contributed by atoms with Gasteiger partial charge in [0.1, 0.15) is 5.75 Å². The maximum Gasteiger partial charge on any atom is 0.124 e. The normalized spacial score (nSPS) is 26.2. The van der Waals surface area contributed by atoms with E-state index in [0.717, 1.165) is 18.9 Å². The first-order valence-electron chi connectivity index (χ1n) is 7.86. The molecule has 0 radical (unpaired) electrons. The zero-order valence-corrected chi connectivity index (χ0v) is 12.4. The van der Waals surface area contributed by atoms with Gasteiger partial charge in [-0.15, -0.1) is 0 Å². The lowest BCUT2D eigenvalue weighted by Gasteiger charge is -2.36. The minimum Gasteiger partial charge on any atom is -0.493 e. The summed E-state index contributed by atoms with van der Waals surface area (Å²) in [7, 11) is 0. The van der Waals surface area contributed by atoms with E-state index in [1.54, 1.807) is 0 Å². The second-order valence-electron chi connectivity index (χ2n) is 6.31. The van der Waals surface area contributed by atoms with Gasteiger partial charge >= 0.3 is 0 Å². The van der Waals surface area contributed by atoms with Crippen molar-refractivity contribution in [3.8, 4) is 5.75 Å². The molecule has 0 amide bonds. The minimum atomic E-state index is 0.405. The van der Waals surface area contributed by atoms with Gasteiger partial charge in [-0.1, -0.05) is 49.4 Å². The summed E-state index contributed by atoms with van der Waals surface area (Å²) in [6, 6.07) is 17.6. The van der Waals surface area contributed by atoms with Gasteiger partial charge < -0.3 is 10.1 Å². The summed E-state index contributed by atoms with van der Waals surface area (Å²) in [6.07, 6.45) is 1.21. The van der Waals surface area contributed by atoms with Crippen molar-refractivity contribution in [1.29, 1.82) is 0 Å². The molecule has 108 valence electrons. The first-order valence-corrected chi connectivity index (χ1v) is 7.86. The van der Waals surface area contributed by atoms with E-state index in [-0.39, 0.29) is 0 Å². The van der Waals surface area contributed by atoms with Gasteiger partial charge in [0.05, 0.1) is 6.61 Å². The first kappa shape index (κ1) is 12.9. The van der Waals surface area contributed by atoms with Crippen LogP contribution in [0.25, 0.3) is 0 Å². The number of benzene rings is 2. The molecule has 21 heavy (non-hydrogen) atoms. The number of hydrogen-bond donors (Lipinski definition) is 1. The summed E-state index contributed by atoms with van der Waals surface area (Å²) < 4.78 is 5.83. The van der Waals surface area contributed by atoms with Crippen LogP contribution in [0.15, 0.2) is 48.5 Å². The maximum absolute atomic E-state index is 5.83. The number of ether oxygens (including phenoxy) is 1. The van der Waals surface area contributed by atoms with E-state index < -0.39 is 0 Å². The number of nitrogens with one attached hydrogen (secondary N) is 1. The molecule has 1 aliphatic carbocycles. The molecule has 2 aromatic rings. The fraction of sp³-hybridized carbons (Fsp3) is 0.368. The molecule has 2 nitrogen and oxygen atoms in total. The van der Waals surface area contributed by atoms with E-state index in [9.17, 15) is 0 Å². The van der Waals surface area contributed by atoms with Crippen LogP contribution >= 0.6 is 0 Å². The predicted octanol–water partition coefficient (Wildman–Crippen LogP) is 3.69. The van der Waals surface area contributed by atoms with Crippen LogP contribution in [-0.2, 0) is 6.42 Å². The quantitative estimate of drug-likeness (QED) is 0.925. The Morgan fingerprint density at radius 1 is 1.05 bits per heavy atom. The van der Waals surface area contributed by atoms with Crippen molar-refractivity contribution in [1.82, 2.24) is 5.32 Å². The van der Waals surface area contributed by atoms with Crippen molar-refractivity contribution in [3.05, 3.63) is 65.2 Å². The molecule has 0 bridgehead atoms. The van der Waals surface area contributed by atoms with E-state index in [4.69, 9.17) is 4.74 Å². The average Bonchev–Trinajstić information content (AvgIpc) is 2.50. The van der Waals surface area contributed by atoms with Crippen LogP contribution in [0.2, 0.25) is 0 Å². The van der Waals surface area contributed by atoms with Crippen LogP contribution in [0.4, 0.5) is 0 Å².